The summed E-state index contributed by atoms with van der Waals surface area (Å²) < 4.78 is 72.0. The lowest BCUT2D eigenvalue weighted by Crippen LogP contribution is -2.39. The molecule has 0 atom stereocenters. The minimum absolute atomic E-state index is 0.113. The van der Waals surface area contributed by atoms with Crippen LogP contribution in [-0.2, 0) is 51.4 Å². The van der Waals surface area contributed by atoms with Gasteiger partial charge in [0.2, 0.25) is 21.8 Å². The molecule has 0 bridgehead atoms. The van der Waals surface area contributed by atoms with Crippen molar-refractivity contribution in [1.29, 1.82) is 0 Å². The number of carbonyl (C=O) groups excluding carboxylic acids is 3. The standard InChI is InChI=1S/C18H22N6O9S3/c25-16(22-34(28)29)19-9-12-6-13(10-20-17(26)23-35(30)31)8-14(7-12)11-21-18(27)24-36(32,33)15-4-2-1-3-5-15/h1-8,34-35H,9-11H2,(H2,21,24,27)(H2,19,22,25,28,29)(H2,20,23,26,30,31). The summed E-state index contributed by atoms with van der Waals surface area (Å²) in [6, 6.07) is 8.81. The third-order valence-corrected chi connectivity index (χ3v) is 6.26. The molecule has 15 nitrogen and oxygen atoms in total. The zero-order valence-corrected chi connectivity index (χ0v) is 20.8. The van der Waals surface area contributed by atoms with Crippen LogP contribution in [0.2, 0.25) is 0 Å². The predicted molar refractivity (Wildman–Crippen MR) is 127 cm³/mol. The average Bonchev–Trinajstić information content (AvgIpc) is 2.79. The molecular formula is C18H22N6O9S3. The fourth-order valence-corrected chi connectivity index (χ4v) is 4.19. The first-order valence-electron chi connectivity index (χ1n) is 9.80. The van der Waals surface area contributed by atoms with Gasteiger partial charge in [0, 0.05) is 19.6 Å². The van der Waals surface area contributed by atoms with Gasteiger partial charge in [-0.05, 0) is 28.8 Å². The molecule has 0 aliphatic carbocycles. The number of rotatable bonds is 10. The van der Waals surface area contributed by atoms with Crippen molar-refractivity contribution in [3.8, 4) is 0 Å². The fraction of sp³-hybridized carbons (Fsp3) is 0.167. The lowest BCUT2D eigenvalue weighted by molar-refractivity contribution is 0.244. The molecule has 196 valence electrons. The van der Waals surface area contributed by atoms with Crippen LogP contribution in [0.3, 0.4) is 0 Å². The largest absolute Gasteiger partial charge is 0.333 e. The number of urea groups is 3. The summed E-state index contributed by atoms with van der Waals surface area (Å²) in [6.45, 7) is -0.472. The van der Waals surface area contributed by atoms with E-state index in [-0.39, 0.29) is 24.5 Å². The van der Waals surface area contributed by atoms with Crippen LogP contribution in [0.5, 0.6) is 0 Å². The highest BCUT2D eigenvalue weighted by Gasteiger charge is 2.17. The van der Waals surface area contributed by atoms with Gasteiger partial charge < -0.3 is 16.0 Å². The summed E-state index contributed by atoms with van der Waals surface area (Å²) in [5.74, 6) is 0. The molecular weight excluding hydrogens is 540 g/mol. The Morgan fingerprint density at radius 3 is 1.42 bits per heavy atom. The average molecular weight is 563 g/mol. The lowest BCUT2D eigenvalue weighted by Gasteiger charge is -2.13. The van der Waals surface area contributed by atoms with Crippen molar-refractivity contribution in [3.63, 3.8) is 0 Å². The third kappa shape index (κ3) is 10.2. The maximum Gasteiger partial charge on any atom is 0.328 e. The Balaban J connectivity index is 2.11. The molecule has 0 fully saturated rings. The van der Waals surface area contributed by atoms with E-state index in [1.807, 2.05) is 4.72 Å². The van der Waals surface area contributed by atoms with Gasteiger partial charge in [0.25, 0.3) is 10.0 Å². The molecule has 0 aliphatic rings. The Labute approximate surface area is 209 Å². The number of carbonyl (C=O) groups is 3. The van der Waals surface area contributed by atoms with Crippen molar-refractivity contribution in [2.45, 2.75) is 24.5 Å². The van der Waals surface area contributed by atoms with E-state index >= 15 is 0 Å². The topological polar surface area (TPSA) is 226 Å². The van der Waals surface area contributed by atoms with Gasteiger partial charge in [-0.1, -0.05) is 36.4 Å². The summed E-state index contributed by atoms with van der Waals surface area (Å²) >= 11 is 0. The van der Waals surface area contributed by atoms with E-state index in [4.69, 9.17) is 0 Å². The summed E-state index contributed by atoms with van der Waals surface area (Å²) in [7, 11) is -10.4. The van der Waals surface area contributed by atoms with Crippen molar-refractivity contribution in [2.24, 2.45) is 0 Å². The molecule has 0 saturated heterocycles. The molecule has 0 aromatic heterocycles. The maximum absolute atomic E-state index is 12.3. The van der Waals surface area contributed by atoms with E-state index in [1.165, 1.54) is 42.5 Å². The molecule has 2 aromatic carbocycles. The Hall–Kier alpha value is -3.90. The first kappa shape index (κ1) is 28.3. The van der Waals surface area contributed by atoms with E-state index in [9.17, 15) is 39.6 Å². The van der Waals surface area contributed by atoms with Crippen molar-refractivity contribution >= 4 is 49.9 Å². The number of sulfonamides is 1. The van der Waals surface area contributed by atoms with Gasteiger partial charge in [-0.25, -0.2) is 53.8 Å². The van der Waals surface area contributed by atoms with E-state index in [0.29, 0.717) is 16.7 Å². The second kappa shape index (κ2) is 13.3. The lowest BCUT2D eigenvalue weighted by atomic mass is 10.1. The number of benzene rings is 2. The number of nitrogens with one attached hydrogen (secondary N) is 6. The van der Waals surface area contributed by atoms with Crippen molar-refractivity contribution in [2.75, 3.05) is 0 Å². The van der Waals surface area contributed by atoms with Crippen LogP contribution in [0.1, 0.15) is 16.7 Å². The smallest absolute Gasteiger partial charge is 0.328 e. The quantitative estimate of drug-likeness (QED) is 0.158. The first-order chi connectivity index (χ1) is 16.9. The minimum Gasteiger partial charge on any atom is -0.333 e. The molecule has 18 heteroatoms. The molecule has 2 aromatic rings. The van der Waals surface area contributed by atoms with Crippen molar-refractivity contribution in [1.82, 2.24) is 30.1 Å². The van der Waals surface area contributed by atoms with Crippen molar-refractivity contribution < 1.29 is 39.6 Å². The fourth-order valence-electron chi connectivity index (χ4n) is 2.75. The van der Waals surface area contributed by atoms with Gasteiger partial charge in [0.05, 0.1) is 4.90 Å². The normalized spacial score (nSPS) is 10.9. The Kier molecular flexibility index (Phi) is 10.4. The molecule has 0 aliphatic heterocycles. The van der Waals surface area contributed by atoms with Crippen molar-refractivity contribution in [3.05, 3.63) is 65.2 Å². The molecule has 0 saturated carbocycles. The van der Waals surface area contributed by atoms with Gasteiger partial charge in [-0.3, -0.25) is 0 Å². The van der Waals surface area contributed by atoms with Gasteiger partial charge in [0.1, 0.15) is 0 Å². The predicted octanol–water partition coefficient (Wildman–Crippen LogP) is -1.47. The van der Waals surface area contributed by atoms with Crippen LogP contribution in [-0.4, -0.2) is 43.3 Å². The summed E-state index contributed by atoms with van der Waals surface area (Å²) in [5, 5.41) is 6.97. The van der Waals surface area contributed by atoms with Crippen LogP contribution in [0, 0.1) is 0 Å². The Bertz CT molecular complexity index is 1300. The van der Waals surface area contributed by atoms with Crippen LogP contribution < -0.4 is 30.1 Å². The van der Waals surface area contributed by atoms with Gasteiger partial charge >= 0.3 is 18.1 Å². The molecule has 0 unspecified atom stereocenters. The zero-order valence-electron chi connectivity index (χ0n) is 18.2. The highest BCUT2D eigenvalue weighted by molar-refractivity contribution is 7.90. The highest BCUT2D eigenvalue weighted by Crippen LogP contribution is 2.12. The highest BCUT2D eigenvalue weighted by atomic mass is 32.2. The summed E-state index contributed by atoms with van der Waals surface area (Å²) in [6.07, 6.45) is 0. The Morgan fingerprint density at radius 2 is 1.03 bits per heavy atom. The number of amides is 6. The molecule has 0 radical (unpaired) electrons. The van der Waals surface area contributed by atoms with Crippen LogP contribution in [0.25, 0.3) is 0 Å². The van der Waals surface area contributed by atoms with Crippen LogP contribution >= 0.6 is 0 Å². The van der Waals surface area contributed by atoms with Crippen LogP contribution in [0.4, 0.5) is 14.4 Å². The molecule has 0 spiro atoms. The van der Waals surface area contributed by atoms with E-state index < -0.39 is 49.9 Å². The first-order valence-corrected chi connectivity index (χ1v) is 13.6. The maximum atomic E-state index is 12.3. The molecule has 36 heavy (non-hydrogen) atoms. The summed E-state index contributed by atoms with van der Waals surface area (Å²) in [5.41, 5.74) is 1.27. The number of thiol groups is 2. The number of hydrogen-bond donors (Lipinski definition) is 8. The monoisotopic (exact) mass is 562 g/mol. The molecule has 6 N–H and O–H groups in total. The molecule has 6 amide bonds. The van der Waals surface area contributed by atoms with E-state index in [2.05, 4.69) is 16.0 Å². The van der Waals surface area contributed by atoms with Gasteiger partial charge in [-0.15, -0.1) is 0 Å². The number of hydrogen-bond acceptors (Lipinski definition) is 9. The third-order valence-electron chi connectivity index (χ3n) is 4.14. The van der Waals surface area contributed by atoms with E-state index in [1.54, 1.807) is 15.5 Å². The summed E-state index contributed by atoms with van der Waals surface area (Å²) in [4.78, 5) is 35.1. The van der Waals surface area contributed by atoms with Crippen LogP contribution in [0.15, 0.2) is 53.4 Å². The van der Waals surface area contributed by atoms with E-state index in [0.717, 1.165) is 0 Å². The second-order valence-corrected chi connectivity index (χ2v) is 10.0. The minimum atomic E-state index is -4.11. The zero-order chi connectivity index (χ0) is 26.7. The SMILES string of the molecule is O=C(NCc1cc(CNC(=O)N[SH](=O)=O)cc(CNC(=O)NS(=O)(=O)c2ccccc2)c1)N[SH](=O)=O. The Morgan fingerprint density at radius 1 is 0.639 bits per heavy atom. The molecule has 2 rings (SSSR count). The van der Waals surface area contributed by atoms with Gasteiger partial charge in [0.15, 0.2) is 0 Å². The molecule has 0 heterocycles. The second-order valence-electron chi connectivity index (χ2n) is 6.86. The van der Waals surface area contributed by atoms with Gasteiger partial charge in [-0.2, -0.15) is 0 Å².